The second kappa shape index (κ2) is 4.03. The smallest absolute Gasteiger partial charge is 0.350 e. The fourth-order valence-electron chi connectivity index (χ4n) is 0.932. The molecule has 18 heavy (non-hydrogen) atoms. The SMILES string of the molecule is CS(=O)(=O)Oc1nn2c(OS(C)(=O)=O)nnc2s1. The Bertz CT molecular complexity index is 786. The molecule has 13 heteroatoms. The topological polar surface area (TPSA) is 130 Å². The van der Waals surface area contributed by atoms with Gasteiger partial charge in [-0.15, -0.1) is 14.7 Å². The molecule has 2 heterocycles. The Kier molecular flexibility index (Phi) is 2.90. The fourth-order valence-corrected chi connectivity index (χ4v) is 2.67. The number of hydrogen-bond acceptors (Lipinski definition) is 10. The number of rotatable bonds is 4. The van der Waals surface area contributed by atoms with Crippen LogP contribution in [0.5, 0.6) is 11.2 Å². The molecule has 0 aromatic carbocycles. The van der Waals surface area contributed by atoms with Gasteiger partial charge in [0.05, 0.1) is 12.5 Å². The Balaban J connectivity index is 2.41. The molecule has 2 aromatic rings. The summed E-state index contributed by atoms with van der Waals surface area (Å²) >= 11 is 0.773. The van der Waals surface area contributed by atoms with Crippen LogP contribution in [0.3, 0.4) is 0 Å². The van der Waals surface area contributed by atoms with Crippen LogP contribution in [0.25, 0.3) is 4.96 Å². The third kappa shape index (κ3) is 3.05. The minimum absolute atomic E-state index is 0.132. The second-order valence-corrected chi connectivity index (χ2v) is 7.19. The molecule has 0 fully saturated rings. The lowest BCUT2D eigenvalue weighted by Crippen LogP contribution is -2.09. The maximum atomic E-state index is 10.9. The van der Waals surface area contributed by atoms with Crippen molar-refractivity contribution in [3.05, 3.63) is 0 Å². The summed E-state index contributed by atoms with van der Waals surface area (Å²) in [7, 11) is -7.51. The van der Waals surface area contributed by atoms with E-state index in [9.17, 15) is 16.8 Å². The third-order valence-electron chi connectivity index (χ3n) is 1.39. The van der Waals surface area contributed by atoms with Crippen molar-refractivity contribution in [3.8, 4) is 11.2 Å². The van der Waals surface area contributed by atoms with E-state index in [-0.39, 0.29) is 10.2 Å². The van der Waals surface area contributed by atoms with Crippen molar-refractivity contribution in [2.75, 3.05) is 12.5 Å². The highest BCUT2D eigenvalue weighted by molar-refractivity contribution is 7.86. The second-order valence-electron chi connectivity index (χ2n) is 3.12. The predicted octanol–water partition coefficient (Wildman–Crippen LogP) is -1.14. The van der Waals surface area contributed by atoms with Crippen LogP contribution in [0, 0.1) is 0 Å². The molecule has 0 radical (unpaired) electrons. The highest BCUT2D eigenvalue weighted by atomic mass is 32.2. The molecule has 0 aliphatic heterocycles. The van der Waals surface area contributed by atoms with Crippen LogP contribution in [0.15, 0.2) is 0 Å². The largest absolute Gasteiger partial charge is 0.355 e. The molecule has 0 saturated carbocycles. The minimum atomic E-state index is -3.78. The van der Waals surface area contributed by atoms with Gasteiger partial charge in [-0.3, -0.25) is 0 Å². The van der Waals surface area contributed by atoms with Gasteiger partial charge in [0, 0.05) is 0 Å². The lowest BCUT2D eigenvalue weighted by Gasteiger charge is -1.97. The van der Waals surface area contributed by atoms with Crippen molar-refractivity contribution in [2.45, 2.75) is 0 Å². The van der Waals surface area contributed by atoms with Gasteiger partial charge in [0.2, 0.25) is 4.96 Å². The molecule has 100 valence electrons. The van der Waals surface area contributed by atoms with Crippen LogP contribution in [0.2, 0.25) is 0 Å². The van der Waals surface area contributed by atoms with E-state index < -0.39 is 26.2 Å². The van der Waals surface area contributed by atoms with Gasteiger partial charge in [0.15, 0.2) is 0 Å². The van der Waals surface area contributed by atoms with E-state index in [0.717, 1.165) is 28.4 Å². The molecule has 0 aliphatic carbocycles. The summed E-state index contributed by atoms with van der Waals surface area (Å²) in [6.07, 6.45) is 1.68. The summed E-state index contributed by atoms with van der Waals surface area (Å²) in [6, 6.07) is -0.396. The van der Waals surface area contributed by atoms with Gasteiger partial charge in [-0.05, 0) is 11.3 Å². The molecule has 2 aromatic heterocycles. The highest BCUT2D eigenvalue weighted by Gasteiger charge is 2.18. The molecule has 10 nitrogen and oxygen atoms in total. The standard InChI is InChI=1S/C5H6N4O6S3/c1-17(10,11)14-3-6-7-4-9(3)8-5(16-4)15-18(2,12)13/h1-2H3. The number of hydrogen-bond donors (Lipinski definition) is 0. The van der Waals surface area contributed by atoms with Crippen LogP contribution in [0.1, 0.15) is 0 Å². The molecule has 0 atom stereocenters. The zero-order chi connectivity index (χ0) is 13.6. The Morgan fingerprint density at radius 3 is 2.22 bits per heavy atom. The molecule has 0 N–H and O–H groups in total. The van der Waals surface area contributed by atoms with Gasteiger partial charge in [0.25, 0.3) is 0 Å². The van der Waals surface area contributed by atoms with Crippen molar-refractivity contribution in [1.82, 2.24) is 19.8 Å². The normalized spacial score (nSPS) is 12.8. The summed E-state index contributed by atoms with van der Waals surface area (Å²) in [5, 5.41) is 10.4. The van der Waals surface area contributed by atoms with Crippen LogP contribution in [-0.4, -0.2) is 49.2 Å². The fraction of sp³-hybridized carbons (Fsp3) is 0.400. The molecular weight excluding hydrogens is 308 g/mol. The van der Waals surface area contributed by atoms with E-state index >= 15 is 0 Å². The zero-order valence-electron chi connectivity index (χ0n) is 8.96. The maximum Gasteiger partial charge on any atom is 0.355 e. The van der Waals surface area contributed by atoms with Crippen molar-refractivity contribution in [1.29, 1.82) is 0 Å². The summed E-state index contributed by atoms with van der Waals surface area (Å²) in [6.45, 7) is 0. The average molecular weight is 314 g/mol. The molecule has 0 unspecified atom stereocenters. The van der Waals surface area contributed by atoms with Crippen molar-refractivity contribution in [2.24, 2.45) is 0 Å². The molecule has 0 spiro atoms. The van der Waals surface area contributed by atoms with Gasteiger partial charge in [-0.2, -0.15) is 16.8 Å². The summed E-state index contributed by atoms with van der Waals surface area (Å²) in [4.78, 5) is 0.132. The monoisotopic (exact) mass is 314 g/mol. The summed E-state index contributed by atoms with van der Waals surface area (Å²) in [5.74, 6) is 0. The first-order chi connectivity index (χ1) is 8.14. The first-order valence-corrected chi connectivity index (χ1v) is 8.60. The molecule has 0 aliphatic rings. The van der Waals surface area contributed by atoms with Crippen molar-refractivity contribution >= 4 is 36.5 Å². The third-order valence-corrected chi connectivity index (χ3v) is 3.19. The summed E-state index contributed by atoms with van der Waals surface area (Å²) in [5.41, 5.74) is 0. The van der Waals surface area contributed by atoms with Gasteiger partial charge in [-0.25, -0.2) is 0 Å². The van der Waals surface area contributed by atoms with Gasteiger partial charge < -0.3 is 8.37 Å². The number of aromatic nitrogens is 4. The molecule has 0 bridgehead atoms. The molecule has 2 rings (SSSR count). The quantitative estimate of drug-likeness (QED) is 0.643. The Morgan fingerprint density at radius 1 is 1.06 bits per heavy atom. The Hall–Kier alpha value is -1.47. The first kappa shape index (κ1) is 13.0. The van der Waals surface area contributed by atoms with E-state index in [0.29, 0.717) is 0 Å². The van der Waals surface area contributed by atoms with E-state index in [4.69, 9.17) is 0 Å². The molecular formula is C5H6N4O6S3. The number of fused-ring (bicyclic) bond motifs is 1. The van der Waals surface area contributed by atoms with Crippen LogP contribution < -0.4 is 8.37 Å². The van der Waals surface area contributed by atoms with Crippen molar-refractivity contribution in [3.63, 3.8) is 0 Å². The Labute approximate surface area is 105 Å². The van der Waals surface area contributed by atoms with Gasteiger partial charge >= 0.3 is 31.4 Å². The predicted molar refractivity (Wildman–Crippen MR) is 59.6 cm³/mol. The van der Waals surface area contributed by atoms with E-state index in [1.165, 1.54) is 0 Å². The van der Waals surface area contributed by atoms with Crippen LogP contribution in [0.4, 0.5) is 0 Å². The minimum Gasteiger partial charge on any atom is -0.350 e. The van der Waals surface area contributed by atoms with Gasteiger partial charge in [-0.1, -0.05) is 5.10 Å². The first-order valence-electron chi connectivity index (χ1n) is 4.15. The van der Waals surface area contributed by atoms with Crippen LogP contribution in [-0.2, 0) is 20.2 Å². The lowest BCUT2D eigenvalue weighted by molar-refractivity contribution is 0.453. The molecule has 0 amide bonds. The van der Waals surface area contributed by atoms with Gasteiger partial charge in [0.1, 0.15) is 0 Å². The Morgan fingerprint density at radius 2 is 1.67 bits per heavy atom. The summed E-state index contributed by atoms with van der Waals surface area (Å²) < 4.78 is 53.6. The number of nitrogens with zero attached hydrogens (tertiary/aromatic N) is 4. The lowest BCUT2D eigenvalue weighted by atomic mass is 11.2. The molecule has 0 saturated heterocycles. The zero-order valence-corrected chi connectivity index (χ0v) is 11.4. The van der Waals surface area contributed by atoms with E-state index in [1.54, 1.807) is 0 Å². The van der Waals surface area contributed by atoms with Crippen molar-refractivity contribution < 1.29 is 25.2 Å². The van der Waals surface area contributed by atoms with E-state index in [1.807, 2.05) is 0 Å². The maximum absolute atomic E-state index is 10.9. The average Bonchev–Trinajstić information content (AvgIpc) is 2.62. The van der Waals surface area contributed by atoms with E-state index in [2.05, 4.69) is 23.7 Å². The highest BCUT2D eigenvalue weighted by Crippen LogP contribution is 2.24. The van der Waals surface area contributed by atoms with Crippen LogP contribution >= 0.6 is 11.3 Å².